The summed E-state index contributed by atoms with van der Waals surface area (Å²) in [6.07, 6.45) is 0.388. The molecule has 0 aliphatic heterocycles. The van der Waals surface area contributed by atoms with Crippen LogP contribution in [0.15, 0.2) is 41.8 Å². The van der Waals surface area contributed by atoms with Gasteiger partial charge < -0.3 is 5.11 Å². The van der Waals surface area contributed by atoms with Crippen LogP contribution in [0.2, 0.25) is 0 Å². The third-order valence-corrected chi connectivity index (χ3v) is 4.10. The van der Waals surface area contributed by atoms with Crippen LogP contribution in [0, 0.1) is 11.3 Å². The van der Waals surface area contributed by atoms with Crippen LogP contribution >= 0.6 is 11.3 Å². The van der Waals surface area contributed by atoms with Crippen molar-refractivity contribution in [3.8, 4) is 6.07 Å². The molecule has 0 fully saturated rings. The number of rotatable bonds is 4. The van der Waals surface area contributed by atoms with Crippen molar-refractivity contribution in [2.24, 2.45) is 0 Å². The Morgan fingerprint density at radius 2 is 2.11 bits per heavy atom. The molecule has 0 saturated carbocycles. The molecule has 0 bridgehead atoms. The highest BCUT2D eigenvalue weighted by molar-refractivity contribution is 7.09. The van der Waals surface area contributed by atoms with Gasteiger partial charge in [-0.1, -0.05) is 24.3 Å². The lowest BCUT2D eigenvalue weighted by Crippen LogP contribution is -2.35. The Kier molecular flexibility index (Phi) is 3.68. The number of benzene rings is 1. The van der Waals surface area contributed by atoms with Crippen LogP contribution in [0.5, 0.6) is 0 Å². The molecule has 4 heteroatoms. The standard InChI is InChI=1S/C15H13NO2S/c1-15(14(17)18,9-12-6-4-8-19-12)13-7-3-2-5-11(13)10-16/h2-8H,9H2,1H3,(H,17,18). The number of carbonyl (C=O) groups is 1. The van der Waals surface area contributed by atoms with Crippen molar-refractivity contribution in [3.63, 3.8) is 0 Å². The molecule has 2 rings (SSSR count). The van der Waals surface area contributed by atoms with Gasteiger partial charge in [-0.25, -0.2) is 0 Å². The first-order valence-corrected chi connectivity index (χ1v) is 6.71. The lowest BCUT2D eigenvalue weighted by atomic mass is 9.77. The number of thiophene rings is 1. The van der Waals surface area contributed by atoms with E-state index in [1.54, 1.807) is 31.2 Å². The normalized spacial score (nSPS) is 13.5. The van der Waals surface area contributed by atoms with E-state index in [2.05, 4.69) is 6.07 Å². The van der Waals surface area contributed by atoms with Crippen LogP contribution in [0.3, 0.4) is 0 Å². The Bertz CT molecular complexity index is 628. The van der Waals surface area contributed by atoms with Crippen molar-refractivity contribution < 1.29 is 9.90 Å². The van der Waals surface area contributed by atoms with Gasteiger partial charge in [-0.05, 0) is 30.0 Å². The summed E-state index contributed by atoms with van der Waals surface area (Å²) in [6, 6.07) is 12.8. The molecule has 3 nitrogen and oxygen atoms in total. The SMILES string of the molecule is CC(Cc1cccs1)(C(=O)O)c1ccccc1C#N. The molecular formula is C15H13NO2S. The Morgan fingerprint density at radius 1 is 1.37 bits per heavy atom. The summed E-state index contributed by atoms with van der Waals surface area (Å²) >= 11 is 1.53. The fourth-order valence-corrected chi connectivity index (χ4v) is 2.97. The molecule has 0 aliphatic rings. The number of nitrogens with zero attached hydrogens (tertiary/aromatic N) is 1. The summed E-state index contributed by atoms with van der Waals surface area (Å²) < 4.78 is 0. The summed E-state index contributed by atoms with van der Waals surface area (Å²) in [5.74, 6) is -0.913. The van der Waals surface area contributed by atoms with Gasteiger partial charge in [0, 0.05) is 11.3 Å². The molecule has 0 radical (unpaired) electrons. The summed E-state index contributed by atoms with van der Waals surface area (Å²) in [5.41, 5.74) is -0.0978. The molecule has 1 atom stereocenters. The second-order valence-electron chi connectivity index (χ2n) is 4.55. The van der Waals surface area contributed by atoms with Crippen molar-refractivity contribution in [2.75, 3.05) is 0 Å². The Balaban J connectivity index is 2.51. The van der Waals surface area contributed by atoms with Crippen LogP contribution in [0.25, 0.3) is 0 Å². The van der Waals surface area contributed by atoms with Crippen molar-refractivity contribution in [2.45, 2.75) is 18.8 Å². The molecule has 1 aromatic carbocycles. The largest absolute Gasteiger partial charge is 0.481 e. The van der Waals surface area contributed by atoms with Crippen molar-refractivity contribution in [1.82, 2.24) is 0 Å². The molecule has 0 saturated heterocycles. The predicted octanol–water partition coefficient (Wildman–Crippen LogP) is 3.20. The second kappa shape index (κ2) is 5.25. The van der Waals surface area contributed by atoms with Crippen molar-refractivity contribution in [1.29, 1.82) is 5.26 Å². The molecule has 0 amide bonds. The molecule has 19 heavy (non-hydrogen) atoms. The highest BCUT2D eigenvalue weighted by atomic mass is 32.1. The number of carboxylic acid groups (broad SMARTS) is 1. The van der Waals surface area contributed by atoms with Gasteiger partial charge in [0.2, 0.25) is 0 Å². The number of nitriles is 1. The van der Waals surface area contributed by atoms with Gasteiger partial charge in [0.05, 0.1) is 17.0 Å². The highest BCUT2D eigenvalue weighted by Crippen LogP contribution is 2.32. The van der Waals surface area contributed by atoms with Gasteiger partial charge in [0.1, 0.15) is 0 Å². The van der Waals surface area contributed by atoms with E-state index in [9.17, 15) is 9.90 Å². The van der Waals surface area contributed by atoms with Crippen LogP contribution in [0.1, 0.15) is 22.9 Å². The fourth-order valence-electron chi connectivity index (χ4n) is 2.11. The first kappa shape index (κ1) is 13.3. The topological polar surface area (TPSA) is 61.1 Å². The maximum absolute atomic E-state index is 11.7. The van der Waals surface area contributed by atoms with E-state index in [-0.39, 0.29) is 0 Å². The van der Waals surface area contributed by atoms with Crippen molar-refractivity contribution in [3.05, 3.63) is 57.8 Å². The number of carboxylic acids is 1. The van der Waals surface area contributed by atoms with Gasteiger partial charge >= 0.3 is 5.97 Å². The quantitative estimate of drug-likeness (QED) is 0.928. The van der Waals surface area contributed by atoms with Gasteiger partial charge in [-0.2, -0.15) is 5.26 Å². The van der Waals surface area contributed by atoms with Crippen LogP contribution in [0.4, 0.5) is 0 Å². The van der Waals surface area contributed by atoms with Crippen molar-refractivity contribution >= 4 is 17.3 Å². The summed E-state index contributed by atoms with van der Waals surface area (Å²) in [5, 5.41) is 20.7. The molecule has 2 aromatic rings. The molecule has 0 aliphatic carbocycles. The lowest BCUT2D eigenvalue weighted by Gasteiger charge is -2.25. The average molecular weight is 271 g/mol. The lowest BCUT2D eigenvalue weighted by molar-refractivity contribution is -0.143. The number of hydrogen-bond acceptors (Lipinski definition) is 3. The van der Waals surface area contributed by atoms with E-state index in [0.29, 0.717) is 17.5 Å². The minimum atomic E-state index is -1.09. The Labute approximate surface area is 115 Å². The van der Waals surface area contributed by atoms with Gasteiger partial charge in [-0.15, -0.1) is 11.3 Å². The zero-order valence-electron chi connectivity index (χ0n) is 10.5. The van der Waals surface area contributed by atoms with E-state index >= 15 is 0 Å². The molecule has 96 valence electrons. The van der Waals surface area contributed by atoms with E-state index in [0.717, 1.165) is 4.88 Å². The predicted molar refractivity (Wildman–Crippen MR) is 74.2 cm³/mol. The maximum atomic E-state index is 11.7. The van der Waals surface area contributed by atoms with E-state index in [1.165, 1.54) is 11.3 Å². The Hall–Kier alpha value is -2.12. The fraction of sp³-hybridized carbons (Fsp3) is 0.200. The highest BCUT2D eigenvalue weighted by Gasteiger charge is 2.37. The van der Waals surface area contributed by atoms with Gasteiger partial charge in [0.15, 0.2) is 0 Å². The number of hydrogen-bond donors (Lipinski definition) is 1. The minimum Gasteiger partial charge on any atom is -0.481 e. The third-order valence-electron chi connectivity index (χ3n) is 3.22. The monoisotopic (exact) mass is 271 g/mol. The first-order chi connectivity index (χ1) is 9.08. The van der Waals surface area contributed by atoms with Gasteiger partial charge in [-0.3, -0.25) is 4.79 Å². The smallest absolute Gasteiger partial charge is 0.314 e. The maximum Gasteiger partial charge on any atom is 0.314 e. The molecule has 1 heterocycles. The average Bonchev–Trinajstić information content (AvgIpc) is 2.91. The summed E-state index contributed by atoms with van der Waals surface area (Å²) in [6.45, 7) is 1.67. The second-order valence-corrected chi connectivity index (χ2v) is 5.58. The Morgan fingerprint density at radius 3 is 2.68 bits per heavy atom. The minimum absolute atomic E-state index is 0.388. The molecule has 1 unspecified atom stereocenters. The van der Waals surface area contributed by atoms with Crippen LogP contribution in [-0.4, -0.2) is 11.1 Å². The molecule has 0 spiro atoms. The zero-order chi connectivity index (χ0) is 13.9. The van der Waals surface area contributed by atoms with Crippen LogP contribution < -0.4 is 0 Å². The molecule has 1 N–H and O–H groups in total. The molecular weight excluding hydrogens is 258 g/mol. The van der Waals surface area contributed by atoms with E-state index in [4.69, 9.17) is 5.26 Å². The summed E-state index contributed by atoms with van der Waals surface area (Å²) in [7, 11) is 0. The summed E-state index contributed by atoms with van der Waals surface area (Å²) in [4.78, 5) is 12.7. The van der Waals surface area contributed by atoms with E-state index < -0.39 is 11.4 Å². The zero-order valence-corrected chi connectivity index (χ0v) is 11.3. The van der Waals surface area contributed by atoms with E-state index in [1.807, 2.05) is 17.5 Å². The molecule has 1 aromatic heterocycles. The van der Waals surface area contributed by atoms with Crippen LogP contribution in [-0.2, 0) is 16.6 Å². The van der Waals surface area contributed by atoms with Gasteiger partial charge in [0.25, 0.3) is 0 Å². The third kappa shape index (κ3) is 2.51. The number of aliphatic carboxylic acids is 1. The first-order valence-electron chi connectivity index (χ1n) is 5.83.